The van der Waals surface area contributed by atoms with E-state index in [1.807, 2.05) is 0 Å². The maximum atomic E-state index is 11.6. The SMILES string of the molecule is CC1CCC(CNC(=O)c2cscn2)CC1. The first-order valence-electron chi connectivity index (χ1n) is 5.92. The molecule has 88 valence electrons. The maximum Gasteiger partial charge on any atom is 0.270 e. The van der Waals surface area contributed by atoms with Gasteiger partial charge in [-0.1, -0.05) is 19.8 Å². The molecule has 0 saturated heterocycles. The normalized spacial score (nSPS) is 25.3. The third-order valence-corrected chi connectivity index (χ3v) is 3.94. The van der Waals surface area contributed by atoms with Crippen LogP contribution in [0.5, 0.6) is 0 Å². The second-order valence-electron chi connectivity index (χ2n) is 4.71. The van der Waals surface area contributed by atoms with Gasteiger partial charge in [-0.2, -0.15) is 0 Å². The van der Waals surface area contributed by atoms with Crippen molar-refractivity contribution in [1.82, 2.24) is 10.3 Å². The number of amides is 1. The van der Waals surface area contributed by atoms with Crippen molar-refractivity contribution in [3.05, 3.63) is 16.6 Å². The molecule has 0 aliphatic heterocycles. The van der Waals surface area contributed by atoms with Gasteiger partial charge in [-0.15, -0.1) is 11.3 Å². The van der Waals surface area contributed by atoms with Gasteiger partial charge in [0.25, 0.3) is 5.91 Å². The largest absolute Gasteiger partial charge is 0.350 e. The fraction of sp³-hybridized carbons (Fsp3) is 0.667. The van der Waals surface area contributed by atoms with Gasteiger partial charge in [0.1, 0.15) is 5.69 Å². The van der Waals surface area contributed by atoms with Crippen LogP contribution in [0.3, 0.4) is 0 Å². The summed E-state index contributed by atoms with van der Waals surface area (Å²) in [5.74, 6) is 1.50. The lowest BCUT2D eigenvalue weighted by atomic mass is 9.83. The van der Waals surface area contributed by atoms with E-state index in [2.05, 4.69) is 17.2 Å². The van der Waals surface area contributed by atoms with E-state index in [0.29, 0.717) is 11.6 Å². The highest BCUT2D eigenvalue weighted by atomic mass is 32.1. The van der Waals surface area contributed by atoms with Crippen molar-refractivity contribution in [2.45, 2.75) is 32.6 Å². The number of rotatable bonds is 3. The van der Waals surface area contributed by atoms with Gasteiger partial charge >= 0.3 is 0 Å². The molecule has 2 rings (SSSR count). The number of carbonyl (C=O) groups excluding carboxylic acids is 1. The standard InChI is InChI=1S/C12H18N2OS/c1-9-2-4-10(5-3-9)6-13-12(15)11-7-16-8-14-11/h7-10H,2-6H2,1H3,(H,13,15). The van der Waals surface area contributed by atoms with E-state index in [9.17, 15) is 4.79 Å². The van der Waals surface area contributed by atoms with Crippen LogP contribution < -0.4 is 5.32 Å². The molecule has 1 heterocycles. The number of hydrogen-bond donors (Lipinski definition) is 1. The molecule has 0 radical (unpaired) electrons. The first-order valence-corrected chi connectivity index (χ1v) is 6.86. The number of hydrogen-bond acceptors (Lipinski definition) is 3. The number of nitrogens with one attached hydrogen (secondary N) is 1. The second kappa shape index (κ2) is 5.43. The van der Waals surface area contributed by atoms with E-state index in [4.69, 9.17) is 0 Å². The van der Waals surface area contributed by atoms with Crippen LogP contribution in [-0.4, -0.2) is 17.4 Å². The molecule has 0 bridgehead atoms. The molecule has 16 heavy (non-hydrogen) atoms. The van der Waals surface area contributed by atoms with Crippen LogP contribution in [-0.2, 0) is 0 Å². The number of nitrogens with zero attached hydrogens (tertiary/aromatic N) is 1. The van der Waals surface area contributed by atoms with Gasteiger partial charge in [-0.25, -0.2) is 4.98 Å². The van der Waals surface area contributed by atoms with Gasteiger partial charge in [0.15, 0.2) is 0 Å². The molecule has 1 N–H and O–H groups in total. The lowest BCUT2D eigenvalue weighted by Crippen LogP contribution is -2.31. The molecule has 1 saturated carbocycles. The summed E-state index contributed by atoms with van der Waals surface area (Å²) in [4.78, 5) is 15.6. The van der Waals surface area contributed by atoms with Crippen molar-refractivity contribution < 1.29 is 4.79 Å². The van der Waals surface area contributed by atoms with Crippen LogP contribution in [0, 0.1) is 11.8 Å². The molecule has 1 aromatic rings. The predicted molar refractivity (Wildman–Crippen MR) is 65.6 cm³/mol. The maximum absolute atomic E-state index is 11.6. The summed E-state index contributed by atoms with van der Waals surface area (Å²) in [6, 6.07) is 0. The van der Waals surface area contributed by atoms with Crippen molar-refractivity contribution in [3.63, 3.8) is 0 Å². The third-order valence-electron chi connectivity index (χ3n) is 3.35. The molecule has 4 heteroatoms. The first kappa shape index (κ1) is 11.6. The Morgan fingerprint density at radius 2 is 2.25 bits per heavy atom. The average Bonchev–Trinajstić information content (AvgIpc) is 2.81. The summed E-state index contributed by atoms with van der Waals surface area (Å²) in [5.41, 5.74) is 2.24. The third kappa shape index (κ3) is 3.04. The lowest BCUT2D eigenvalue weighted by molar-refractivity contribution is 0.0937. The van der Waals surface area contributed by atoms with Gasteiger partial charge < -0.3 is 5.32 Å². The van der Waals surface area contributed by atoms with E-state index in [-0.39, 0.29) is 5.91 Å². The van der Waals surface area contributed by atoms with E-state index in [0.717, 1.165) is 12.5 Å². The molecule has 0 atom stereocenters. The Morgan fingerprint density at radius 1 is 1.50 bits per heavy atom. The minimum Gasteiger partial charge on any atom is -0.350 e. The van der Waals surface area contributed by atoms with Crippen LogP contribution in [0.2, 0.25) is 0 Å². The zero-order chi connectivity index (χ0) is 11.4. The Balaban J connectivity index is 1.73. The zero-order valence-electron chi connectivity index (χ0n) is 9.61. The fourth-order valence-corrected chi connectivity index (χ4v) is 2.72. The number of carbonyl (C=O) groups is 1. The Kier molecular flexibility index (Phi) is 3.93. The first-order chi connectivity index (χ1) is 7.75. The minimum absolute atomic E-state index is 0.0279. The smallest absolute Gasteiger partial charge is 0.270 e. The highest BCUT2D eigenvalue weighted by Gasteiger charge is 2.19. The molecule has 0 aromatic carbocycles. The Morgan fingerprint density at radius 3 is 2.88 bits per heavy atom. The highest BCUT2D eigenvalue weighted by molar-refractivity contribution is 7.07. The van der Waals surface area contributed by atoms with Crippen molar-refractivity contribution in [1.29, 1.82) is 0 Å². The van der Waals surface area contributed by atoms with Gasteiger partial charge in [-0.05, 0) is 24.7 Å². The van der Waals surface area contributed by atoms with Crippen molar-refractivity contribution >= 4 is 17.2 Å². The van der Waals surface area contributed by atoms with Crippen LogP contribution >= 0.6 is 11.3 Å². The molecule has 1 amide bonds. The zero-order valence-corrected chi connectivity index (χ0v) is 10.4. The summed E-state index contributed by atoms with van der Waals surface area (Å²) >= 11 is 1.46. The summed E-state index contributed by atoms with van der Waals surface area (Å²) in [5, 5.41) is 4.76. The minimum atomic E-state index is -0.0279. The summed E-state index contributed by atoms with van der Waals surface area (Å²) in [7, 11) is 0. The van der Waals surface area contributed by atoms with Crippen LogP contribution in [0.25, 0.3) is 0 Å². The molecule has 1 fully saturated rings. The fourth-order valence-electron chi connectivity index (χ4n) is 2.19. The quantitative estimate of drug-likeness (QED) is 0.879. The van der Waals surface area contributed by atoms with Gasteiger partial charge in [-0.3, -0.25) is 4.79 Å². The van der Waals surface area contributed by atoms with Gasteiger partial charge in [0.2, 0.25) is 0 Å². The summed E-state index contributed by atoms with van der Waals surface area (Å²) < 4.78 is 0. The van der Waals surface area contributed by atoms with E-state index < -0.39 is 0 Å². The van der Waals surface area contributed by atoms with Crippen LogP contribution in [0.1, 0.15) is 43.1 Å². The topological polar surface area (TPSA) is 42.0 Å². The van der Waals surface area contributed by atoms with Crippen molar-refractivity contribution in [2.75, 3.05) is 6.54 Å². The molecular weight excluding hydrogens is 220 g/mol. The number of aromatic nitrogens is 1. The Hall–Kier alpha value is -0.900. The van der Waals surface area contributed by atoms with E-state index in [1.165, 1.54) is 37.0 Å². The van der Waals surface area contributed by atoms with Gasteiger partial charge in [0, 0.05) is 11.9 Å². The molecule has 0 spiro atoms. The average molecular weight is 238 g/mol. The molecular formula is C12H18N2OS. The molecule has 1 aromatic heterocycles. The second-order valence-corrected chi connectivity index (χ2v) is 5.43. The predicted octanol–water partition coefficient (Wildman–Crippen LogP) is 2.70. The lowest BCUT2D eigenvalue weighted by Gasteiger charge is -2.26. The highest BCUT2D eigenvalue weighted by Crippen LogP contribution is 2.27. The Labute approximate surface area is 100 Å². The van der Waals surface area contributed by atoms with E-state index >= 15 is 0 Å². The molecule has 1 aliphatic carbocycles. The molecule has 0 unspecified atom stereocenters. The monoisotopic (exact) mass is 238 g/mol. The van der Waals surface area contributed by atoms with Crippen molar-refractivity contribution in [3.8, 4) is 0 Å². The summed E-state index contributed by atoms with van der Waals surface area (Å²) in [6.45, 7) is 3.12. The van der Waals surface area contributed by atoms with Crippen LogP contribution in [0.15, 0.2) is 10.9 Å². The summed E-state index contributed by atoms with van der Waals surface area (Å²) in [6.07, 6.45) is 5.10. The number of thiazole rings is 1. The van der Waals surface area contributed by atoms with Gasteiger partial charge in [0.05, 0.1) is 5.51 Å². The molecule has 1 aliphatic rings. The van der Waals surface area contributed by atoms with Crippen LogP contribution in [0.4, 0.5) is 0 Å². The van der Waals surface area contributed by atoms with E-state index in [1.54, 1.807) is 10.9 Å². The molecule has 3 nitrogen and oxygen atoms in total. The van der Waals surface area contributed by atoms with Crippen molar-refractivity contribution in [2.24, 2.45) is 11.8 Å². The Bertz CT molecular complexity index is 329.